The maximum Gasteiger partial charge on any atom is 0.257 e. The summed E-state index contributed by atoms with van der Waals surface area (Å²) in [4.78, 5) is 26.4. The number of carbonyl (C=O) groups is 2. The zero-order valence-electron chi connectivity index (χ0n) is 18.6. The summed E-state index contributed by atoms with van der Waals surface area (Å²) in [5.74, 6) is -0.692. The summed E-state index contributed by atoms with van der Waals surface area (Å²) in [6, 6.07) is 15.2. The summed E-state index contributed by atoms with van der Waals surface area (Å²) in [7, 11) is 3.25. The van der Waals surface area contributed by atoms with Crippen LogP contribution >= 0.6 is 0 Å². The van der Waals surface area contributed by atoms with Crippen molar-refractivity contribution in [1.82, 2.24) is 10.2 Å². The van der Waals surface area contributed by atoms with E-state index in [1.165, 1.54) is 16.9 Å². The third-order valence-electron chi connectivity index (χ3n) is 6.38. The van der Waals surface area contributed by atoms with Crippen LogP contribution in [0.5, 0.6) is 5.75 Å². The fourth-order valence-corrected chi connectivity index (χ4v) is 4.55. The van der Waals surface area contributed by atoms with Gasteiger partial charge in [0.2, 0.25) is 5.78 Å². The van der Waals surface area contributed by atoms with E-state index in [-0.39, 0.29) is 28.5 Å². The Morgan fingerprint density at radius 1 is 1.00 bits per heavy atom. The van der Waals surface area contributed by atoms with Crippen LogP contribution < -0.4 is 10.6 Å². The fraction of sp³-hybridized carbons (Fsp3) is 0.308. The lowest BCUT2D eigenvalue weighted by atomic mass is 9.75. The number of anilines is 1. The molecule has 0 radical (unpaired) electrons. The Bertz CT molecular complexity index is 1100. The molecule has 0 bridgehead atoms. The summed E-state index contributed by atoms with van der Waals surface area (Å²) in [6.45, 7) is 3.96. The second-order valence-corrected chi connectivity index (χ2v) is 8.72. The van der Waals surface area contributed by atoms with Gasteiger partial charge in [-0.1, -0.05) is 62.2 Å². The SMILES string of the molecule is C=C1C(=O)C(Nc2cccc(C(=O)N(C)C)c2O)=C1NC1(c2ccccc2)CCCCC1. The topological polar surface area (TPSA) is 81.7 Å². The molecule has 1 saturated carbocycles. The molecule has 1 amide bonds. The van der Waals surface area contributed by atoms with Gasteiger partial charge in [0.05, 0.1) is 22.5 Å². The molecule has 4 rings (SSSR count). The average Bonchev–Trinajstić information content (AvgIpc) is 2.82. The Morgan fingerprint density at radius 3 is 2.34 bits per heavy atom. The van der Waals surface area contributed by atoms with Crippen LogP contribution in [0.4, 0.5) is 5.69 Å². The normalized spacial score (nSPS) is 17.6. The molecule has 0 aliphatic heterocycles. The minimum absolute atomic E-state index is 0.175. The predicted molar refractivity (Wildman–Crippen MR) is 125 cm³/mol. The molecule has 1 fully saturated rings. The zero-order valence-corrected chi connectivity index (χ0v) is 18.6. The van der Waals surface area contributed by atoms with Crippen LogP contribution in [-0.4, -0.2) is 35.8 Å². The van der Waals surface area contributed by atoms with Gasteiger partial charge in [-0.3, -0.25) is 9.59 Å². The van der Waals surface area contributed by atoms with E-state index in [0.29, 0.717) is 22.7 Å². The molecule has 0 spiro atoms. The van der Waals surface area contributed by atoms with E-state index in [1.54, 1.807) is 32.3 Å². The van der Waals surface area contributed by atoms with Crippen molar-refractivity contribution in [1.29, 1.82) is 0 Å². The number of nitrogens with one attached hydrogen (secondary N) is 2. The number of phenols is 1. The molecule has 2 aromatic rings. The second-order valence-electron chi connectivity index (χ2n) is 8.72. The summed E-state index contributed by atoms with van der Waals surface area (Å²) < 4.78 is 0. The molecular formula is C26H29N3O3. The van der Waals surface area contributed by atoms with Crippen molar-refractivity contribution in [2.24, 2.45) is 0 Å². The van der Waals surface area contributed by atoms with Crippen molar-refractivity contribution in [3.63, 3.8) is 0 Å². The summed E-state index contributed by atoms with van der Waals surface area (Å²) >= 11 is 0. The smallest absolute Gasteiger partial charge is 0.257 e. The number of nitrogens with zero attached hydrogens (tertiary/aromatic N) is 1. The van der Waals surface area contributed by atoms with Gasteiger partial charge in [0.25, 0.3) is 5.91 Å². The van der Waals surface area contributed by atoms with Gasteiger partial charge in [-0.25, -0.2) is 0 Å². The van der Waals surface area contributed by atoms with Gasteiger partial charge < -0.3 is 20.6 Å². The molecule has 6 nitrogen and oxygen atoms in total. The Hall–Kier alpha value is -3.54. The number of Topliss-reactive ketones (excluding diaryl/α,β-unsaturated/α-hetero) is 1. The highest BCUT2D eigenvalue weighted by atomic mass is 16.3. The van der Waals surface area contributed by atoms with Crippen LogP contribution in [0.3, 0.4) is 0 Å². The van der Waals surface area contributed by atoms with Crippen molar-refractivity contribution < 1.29 is 14.7 Å². The number of hydrogen-bond acceptors (Lipinski definition) is 5. The van der Waals surface area contributed by atoms with Crippen LogP contribution in [0.25, 0.3) is 0 Å². The number of para-hydroxylation sites is 1. The largest absolute Gasteiger partial charge is 0.505 e. The molecule has 32 heavy (non-hydrogen) atoms. The lowest BCUT2D eigenvalue weighted by Crippen LogP contribution is -2.48. The number of ketones is 1. The van der Waals surface area contributed by atoms with Gasteiger partial charge in [-0.05, 0) is 30.5 Å². The second kappa shape index (κ2) is 8.54. The number of benzene rings is 2. The van der Waals surface area contributed by atoms with Crippen LogP contribution in [0.1, 0.15) is 48.0 Å². The lowest BCUT2D eigenvalue weighted by Gasteiger charge is -2.43. The number of rotatable bonds is 6. The third kappa shape index (κ3) is 3.77. The third-order valence-corrected chi connectivity index (χ3v) is 6.38. The first-order chi connectivity index (χ1) is 15.3. The van der Waals surface area contributed by atoms with E-state index in [1.807, 2.05) is 18.2 Å². The van der Waals surface area contributed by atoms with Crippen molar-refractivity contribution >= 4 is 17.4 Å². The highest BCUT2D eigenvalue weighted by Gasteiger charge is 2.40. The van der Waals surface area contributed by atoms with E-state index < -0.39 is 0 Å². The van der Waals surface area contributed by atoms with Crippen LogP contribution in [0.2, 0.25) is 0 Å². The Morgan fingerprint density at radius 2 is 1.69 bits per heavy atom. The zero-order chi connectivity index (χ0) is 22.9. The molecule has 0 heterocycles. The van der Waals surface area contributed by atoms with Gasteiger partial charge >= 0.3 is 0 Å². The van der Waals surface area contributed by atoms with E-state index in [2.05, 4.69) is 29.3 Å². The van der Waals surface area contributed by atoms with Crippen LogP contribution in [0, 0.1) is 0 Å². The van der Waals surface area contributed by atoms with E-state index in [4.69, 9.17) is 0 Å². The van der Waals surface area contributed by atoms with E-state index in [0.717, 1.165) is 25.7 Å². The fourth-order valence-electron chi connectivity index (χ4n) is 4.55. The monoisotopic (exact) mass is 431 g/mol. The molecule has 2 aliphatic carbocycles. The maximum absolute atomic E-state index is 12.7. The number of phenolic OH excluding ortho intramolecular Hbond substituents is 1. The highest BCUT2D eigenvalue weighted by Crippen LogP contribution is 2.41. The summed E-state index contributed by atoms with van der Waals surface area (Å²) in [6.07, 6.45) is 5.34. The number of hydrogen-bond donors (Lipinski definition) is 3. The summed E-state index contributed by atoms with van der Waals surface area (Å²) in [5, 5.41) is 17.4. The minimum atomic E-state index is -0.312. The van der Waals surface area contributed by atoms with Gasteiger partial charge in [-0.15, -0.1) is 0 Å². The van der Waals surface area contributed by atoms with Gasteiger partial charge in [-0.2, -0.15) is 0 Å². The van der Waals surface area contributed by atoms with Crippen LogP contribution in [-0.2, 0) is 10.3 Å². The first-order valence-corrected chi connectivity index (χ1v) is 11.0. The van der Waals surface area contributed by atoms with Gasteiger partial charge in [0.15, 0.2) is 5.75 Å². The Labute approximate surface area is 188 Å². The average molecular weight is 432 g/mol. The van der Waals surface area contributed by atoms with E-state index >= 15 is 0 Å². The van der Waals surface area contributed by atoms with Crippen LogP contribution in [0.15, 0.2) is 72.1 Å². The molecule has 166 valence electrons. The number of carbonyl (C=O) groups excluding carboxylic acids is 2. The molecule has 0 atom stereocenters. The van der Waals surface area contributed by atoms with Crippen molar-refractivity contribution in [2.45, 2.75) is 37.6 Å². The van der Waals surface area contributed by atoms with Crippen molar-refractivity contribution in [3.8, 4) is 5.75 Å². The highest BCUT2D eigenvalue weighted by molar-refractivity contribution is 6.21. The Kier molecular flexibility index (Phi) is 5.78. The summed E-state index contributed by atoms with van der Waals surface area (Å²) in [5.41, 5.74) is 2.87. The molecule has 2 aliphatic rings. The Balaban J connectivity index is 1.68. The number of allylic oxidation sites excluding steroid dienone is 2. The molecule has 0 unspecified atom stereocenters. The molecule has 0 saturated heterocycles. The molecule has 6 heteroatoms. The molecule has 3 N–H and O–H groups in total. The first kappa shape index (κ1) is 21.7. The molecule has 2 aromatic carbocycles. The molecular weight excluding hydrogens is 402 g/mol. The minimum Gasteiger partial charge on any atom is -0.505 e. The first-order valence-electron chi connectivity index (χ1n) is 11.0. The van der Waals surface area contributed by atoms with Gasteiger partial charge in [0.1, 0.15) is 5.70 Å². The molecule has 0 aromatic heterocycles. The standard InChI is InChI=1S/C26H29N3O3/c1-17-21(28-26(15-8-5-9-16-26)18-11-6-4-7-12-18)22(23(17)30)27-20-14-10-13-19(24(20)31)25(32)29(2)3/h4,6-7,10-14,27-28,31H,1,5,8-9,15-16H2,2-3H3. The van der Waals surface area contributed by atoms with Crippen molar-refractivity contribution in [3.05, 3.63) is 83.2 Å². The van der Waals surface area contributed by atoms with Crippen molar-refractivity contribution in [2.75, 3.05) is 19.4 Å². The lowest BCUT2D eigenvalue weighted by molar-refractivity contribution is -0.113. The maximum atomic E-state index is 12.7. The number of amides is 1. The predicted octanol–water partition coefficient (Wildman–Crippen LogP) is 4.31. The quantitative estimate of drug-likeness (QED) is 0.469. The number of aromatic hydroxyl groups is 1. The van der Waals surface area contributed by atoms with Gasteiger partial charge in [0, 0.05) is 19.7 Å². The van der Waals surface area contributed by atoms with E-state index in [9.17, 15) is 14.7 Å².